The minimum Gasteiger partial charge on any atom is -0.370 e. The van der Waals surface area contributed by atoms with Crippen molar-refractivity contribution in [2.24, 2.45) is 11.8 Å². The van der Waals surface area contributed by atoms with Gasteiger partial charge in [-0.1, -0.05) is 19.9 Å². The van der Waals surface area contributed by atoms with Gasteiger partial charge in [0.05, 0.1) is 29.3 Å². The van der Waals surface area contributed by atoms with Crippen LogP contribution in [0.5, 0.6) is 0 Å². The van der Waals surface area contributed by atoms with Crippen molar-refractivity contribution in [3.05, 3.63) is 45.4 Å². The maximum absolute atomic E-state index is 13.3. The Kier molecular flexibility index (Phi) is 6.09. The number of thiazole rings is 1. The first-order valence-electron chi connectivity index (χ1n) is 10.8. The van der Waals surface area contributed by atoms with Crippen LogP contribution >= 0.6 is 11.3 Å². The number of hydrogen-bond donors (Lipinski definition) is 1. The number of hydrogen-bond acceptors (Lipinski definition) is 6. The molecule has 1 fully saturated rings. The highest BCUT2D eigenvalue weighted by Gasteiger charge is 2.39. The van der Waals surface area contributed by atoms with Crippen LogP contribution < -0.4 is 10.2 Å². The molecule has 0 radical (unpaired) electrons. The number of piperidine rings is 1. The van der Waals surface area contributed by atoms with Crippen molar-refractivity contribution in [1.82, 2.24) is 15.2 Å². The van der Waals surface area contributed by atoms with Gasteiger partial charge in [0.2, 0.25) is 5.91 Å². The first-order chi connectivity index (χ1) is 14.8. The predicted octanol–water partition coefficient (Wildman–Crippen LogP) is 3.24. The zero-order chi connectivity index (χ0) is 22.1. The SMILES string of the molecule is Cc1csc(CN2C(=O)c3cccc(N4CCC[C@H](C(=O)NCC(C)C)C4)c3C2=O)n1. The maximum Gasteiger partial charge on any atom is 0.264 e. The van der Waals surface area contributed by atoms with Crippen molar-refractivity contribution in [3.63, 3.8) is 0 Å². The van der Waals surface area contributed by atoms with Crippen molar-refractivity contribution in [2.75, 3.05) is 24.5 Å². The average Bonchev–Trinajstić information content (AvgIpc) is 3.28. The molecule has 31 heavy (non-hydrogen) atoms. The number of fused-ring (bicyclic) bond motifs is 1. The van der Waals surface area contributed by atoms with E-state index in [9.17, 15) is 14.4 Å². The van der Waals surface area contributed by atoms with E-state index in [0.29, 0.717) is 30.1 Å². The van der Waals surface area contributed by atoms with E-state index in [0.717, 1.165) is 35.8 Å². The minimum absolute atomic E-state index is 0.0640. The zero-order valence-corrected chi connectivity index (χ0v) is 19.0. The molecule has 164 valence electrons. The third-order valence-electron chi connectivity index (χ3n) is 5.75. The van der Waals surface area contributed by atoms with Gasteiger partial charge in [0.15, 0.2) is 0 Å². The molecular weight excluding hydrogens is 412 g/mol. The van der Waals surface area contributed by atoms with Gasteiger partial charge in [0.25, 0.3) is 11.8 Å². The number of amides is 3. The van der Waals surface area contributed by atoms with Gasteiger partial charge in [0, 0.05) is 30.7 Å². The molecule has 1 N–H and O–H groups in total. The van der Waals surface area contributed by atoms with Gasteiger partial charge in [-0.05, 0) is 37.8 Å². The Hall–Kier alpha value is -2.74. The first kappa shape index (κ1) is 21.5. The molecule has 0 bridgehead atoms. The Morgan fingerprint density at radius 2 is 2.10 bits per heavy atom. The number of nitrogens with zero attached hydrogens (tertiary/aromatic N) is 3. The van der Waals surface area contributed by atoms with Gasteiger partial charge in [0.1, 0.15) is 5.01 Å². The molecule has 1 aromatic carbocycles. The smallest absolute Gasteiger partial charge is 0.264 e. The van der Waals surface area contributed by atoms with Crippen LogP contribution in [0.25, 0.3) is 0 Å². The molecule has 3 heterocycles. The quantitative estimate of drug-likeness (QED) is 0.698. The second-order valence-corrected chi connectivity index (χ2v) is 9.65. The van der Waals surface area contributed by atoms with Crippen molar-refractivity contribution in [3.8, 4) is 0 Å². The normalized spacial score (nSPS) is 18.6. The molecule has 3 amide bonds. The Bertz CT molecular complexity index is 1020. The molecule has 0 spiro atoms. The summed E-state index contributed by atoms with van der Waals surface area (Å²) in [5.41, 5.74) is 2.51. The van der Waals surface area contributed by atoms with Gasteiger partial charge >= 0.3 is 0 Å². The fourth-order valence-corrected chi connectivity index (χ4v) is 4.95. The van der Waals surface area contributed by atoms with Gasteiger partial charge < -0.3 is 10.2 Å². The number of aryl methyl sites for hydroxylation is 1. The highest BCUT2D eigenvalue weighted by Crippen LogP contribution is 2.35. The van der Waals surface area contributed by atoms with Crippen LogP contribution in [-0.2, 0) is 11.3 Å². The molecule has 2 aromatic rings. The Morgan fingerprint density at radius 1 is 1.29 bits per heavy atom. The predicted molar refractivity (Wildman–Crippen MR) is 120 cm³/mol. The maximum atomic E-state index is 13.3. The van der Waals surface area contributed by atoms with Gasteiger partial charge in [-0.3, -0.25) is 19.3 Å². The molecule has 0 unspecified atom stereocenters. The lowest BCUT2D eigenvalue weighted by molar-refractivity contribution is -0.125. The van der Waals surface area contributed by atoms with E-state index in [1.165, 1.54) is 16.2 Å². The van der Waals surface area contributed by atoms with Crippen LogP contribution in [0.1, 0.15) is 58.1 Å². The lowest BCUT2D eigenvalue weighted by Gasteiger charge is -2.34. The van der Waals surface area contributed by atoms with Crippen LogP contribution in [0.2, 0.25) is 0 Å². The second kappa shape index (κ2) is 8.78. The zero-order valence-electron chi connectivity index (χ0n) is 18.2. The number of anilines is 1. The number of aromatic nitrogens is 1. The molecule has 8 heteroatoms. The summed E-state index contributed by atoms with van der Waals surface area (Å²) in [7, 11) is 0. The number of nitrogens with one attached hydrogen (secondary N) is 1. The molecule has 2 aliphatic rings. The summed E-state index contributed by atoms with van der Waals surface area (Å²) in [6.07, 6.45) is 1.70. The molecule has 4 rings (SSSR count). The van der Waals surface area contributed by atoms with E-state index in [1.54, 1.807) is 6.07 Å². The number of carbonyl (C=O) groups is 3. The summed E-state index contributed by atoms with van der Waals surface area (Å²) in [6.45, 7) is 8.19. The summed E-state index contributed by atoms with van der Waals surface area (Å²) < 4.78 is 0. The Labute approximate surface area is 186 Å². The summed E-state index contributed by atoms with van der Waals surface area (Å²) in [5, 5.41) is 5.69. The van der Waals surface area contributed by atoms with Gasteiger partial charge in [-0.15, -0.1) is 11.3 Å². The number of rotatable bonds is 6. The number of imide groups is 1. The van der Waals surface area contributed by atoms with Crippen LogP contribution in [-0.4, -0.2) is 47.2 Å². The van der Waals surface area contributed by atoms with E-state index in [-0.39, 0.29) is 30.2 Å². The fraction of sp³-hybridized carbons (Fsp3) is 0.478. The van der Waals surface area contributed by atoms with E-state index >= 15 is 0 Å². The fourth-order valence-electron chi connectivity index (χ4n) is 4.19. The summed E-state index contributed by atoms with van der Waals surface area (Å²) in [5.74, 6) is -0.218. The molecular formula is C23H28N4O3S. The van der Waals surface area contributed by atoms with Crippen molar-refractivity contribution < 1.29 is 14.4 Å². The molecule has 1 atom stereocenters. The number of carbonyl (C=O) groups excluding carboxylic acids is 3. The van der Waals surface area contributed by atoms with E-state index in [1.807, 2.05) is 24.4 Å². The summed E-state index contributed by atoms with van der Waals surface area (Å²) in [6, 6.07) is 5.41. The second-order valence-electron chi connectivity index (χ2n) is 8.70. The van der Waals surface area contributed by atoms with Crippen molar-refractivity contribution >= 4 is 34.7 Å². The molecule has 0 aliphatic carbocycles. The van der Waals surface area contributed by atoms with Gasteiger partial charge in [-0.2, -0.15) is 0 Å². The van der Waals surface area contributed by atoms with Gasteiger partial charge in [-0.25, -0.2) is 4.98 Å². The van der Waals surface area contributed by atoms with Crippen LogP contribution in [0.15, 0.2) is 23.6 Å². The van der Waals surface area contributed by atoms with Crippen LogP contribution in [0.3, 0.4) is 0 Å². The van der Waals surface area contributed by atoms with E-state index in [4.69, 9.17) is 0 Å². The highest BCUT2D eigenvalue weighted by molar-refractivity contribution is 7.09. The molecule has 1 saturated heterocycles. The van der Waals surface area contributed by atoms with Crippen molar-refractivity contribution in [1.29, 1.82) is 0 Å². The standard InChI is InChI=1S/C23H28N4O3S/c1-14(2)10-24-21(28)16-6-5-9-26(11-16)18-8-4-7-17-20(18)23(30)27(22(17)29)12-19-25-15(3)13-31-19/h4,7-8,13-14,16H,5-6,9-12H2,1-3H3,(H,24,28)/t16-/m0/s1. The average molecular weight is 441 g/mol. The van der Waals surface area contributed by atoms with E-state index < -0.39 is 0 Å². The largest absolute Gasteiger partial charge is 0.370 e. The highest BCUT2D eigenvalue weighted by atomic mass is 32.1. The van der Waals surface area contributed by atoms with E-state index in [2.05, 4.69) is 29.0 Å². The molecule has 1 aromatic heterocycles. The lowest BCUT2D eigenvalue weighted by atomic mass is 9.95. The minimum atomic E-state index is -0.283. The Balaban J connectivity index is 1.55. The monoisotopic (exact) mass is 440 g/mol. The molecule has 7 nitrogen and oxygen atoms in total. The summed E-state index contributed by atoms with van der Waals surface area (Å²) >= 11 is 1.45. The number of benzene rings is 1. The van der Waals surface area contributed by atoms with Crippen LogP contribution in [0, 0.1) is 18.8 Å². The summed E-state index contributed by atoms with van der Waals surface area (Å²) in [4.78, 5) is 46.6. The third-order valence-corrected chi connectivity index (χ3v) is 6.71. The molecule has 2 aliphatic heterocycles. The Morgan fingerprint density at radius 3 is 2.81 bits per heavy atom. The lowest BCUT2D eigenvalue weighted by Crippen LogP contribution is -2.44. The molecule has 0 saturated carbocycles. The van der Waals surface area contributed by atoms with Crippen molar-refractivity contribution in [2.45, 2.75) is 40.2 Å². The third kappa shape index (κ3) is 4.35. The topological polar surface area (TPSA) is 82.6 Å². The van der Waals surface area contributed by atoms with Crippen LogP contribution in [0.4, 0.5) is 5.69 Å². The first-order valence-corrected chi connectivity index (χ1v) is 11.7.